The maximum atomic E-state index is 13.3. The zero-order chi connectivity index (χ0) is 25.2. The van der Waals surface area contributed by atoms with Crippen LogP contribution in [0.4, 0.5) is 21.9 Å². The average molecular weight is 478 g/mol. The molecular weight excluding hydrogens is 450 g/mol. The monoisotopic (exact) mass is 477 g/mol. The Balaban J connectivity index is 1.55. The van der Waals surface area contributed by atoms with Crippen LogP contribution >= 0.6 is 0 Å². The number of nitrogens with one attached hydrogen (secondary N) is 1. The van der Waals surface area contributed by atoms with E-state index in [1.807, 2.05) is 103 Å². The number of benzene rings is 3. The van der Waals surface area contributed by atoms with E-state index >= 15 is 0 Å². The van der Waals surface area contributed by atoms with Crippen LogP contribution in [0.3, 0.4) is 0 Å². The first-order valence-electron chi connectivity index (χ1n) is 11.8. The Hall–Kier alpha value is -4.71. The van der Waals surface area contributed by atoms with E-state index in [9.17, 15) is 9.59 Å². The molecule has 0 unspecified atom stereocenters. The van der Waals surface area contributed by atoms with Crippen molar-refractivity contribution in [2.24, 2.45) is 0 Å². The van der Waals surface area contributed by atoms with Gasteiger partial charge in [0.1, 0.15) is 0 Å². The Bertz CT molecular complexity index is 1270. The molecule has 0 bridgehead atoms. The molecule has 1 heterocycles. The number of aliphatic carboxylic acids is 1. The minimum Gasteiger partial charge on any atom is -0.481 e. The van der Waals surface area contributed by atoms with Crippen molar-refractivity contribution in [1.82, 2.24) is 4.98 Å². The van der Waals surface area contributed by atoms with Gasteiger partial charge >= 0.3 is 12.0 Å². The van der Waals surface area contributed by atoms with Crippen LogP contribution in [0.2, 0.25) is 0 Å². The topological polar surface area (TPSA) is 82.5 Å². The highest BCUT2D eigenvalue weighted by molar-refractivity contribution is 6.07. The summed E-state index contributed by atoms with van der Waals surface area (Å²) in [6, 6.07) is 30.2. The Morgan fingerprint density at radius 3 is 2.00 bits per heavy atom. The van der Waals surface area contributed by atoms with Gasteiger partial charge in [-0.1, -0.05) is 60.7 Å². The van der Waals surface area contributed by atoms with Crippen molar-refractivity contribution in [2.45, 2.75) is 19.3 Å². The maximum absolute atomic E-state index is 13.3. The number of aromatic nitrogens is 1. The van der Waals surface area contributed by atoms with Crippen molar-refractivity contribution in [1.29, 1.82) is 0 Å². The molecule has 0 atom stereocenters. The van der Waals surface area contributed by atoms with Gasteiger partial charge in [0, 0.05) is 30.1 Å². The summed E-state index contributed by atoms with van der Waals surface area (Å²) in [5.74, 6) is -0.800. The van der Waals surface area contributed by atoms with Crippen molar-refractivity contribution >= 4 is 34.6 Å². The Morgan fingerprint density at radius 2 is 1.44 bits per heavy atom. The lowest BCUT2D eigenvalue weighted by Crippen LogP contribution is -2.30. The number of unbranched alkanes of at least 4 members (excludes halogenated alkanes) is 1. The fourth-order valence-corrected chi connectivity index (χ4v) is 3.87. The predicted octanol–water partition coefficient (Wildman–Crippen LogP) is 7.14. The van der Waals surface area contributed by atoms with Crippen molar-refractivity contribution < 1.29 is 14.7 Å². The third-order valence-electron chi connectivity index (χ3n) is 5.59. The van der Waals surface area contributed by atoms with E-state index in [0.717, 1.165) is 28.1 Å². The summed E-state index contributed by atoms with van der Waals surface area (Å²) in [6.45, 7) is 0. The molecule has 6 heteroatoms. The normalized spacial score (nSPS) is 11.1. The Kier molecular flexibility index (Phi) is 8.22. The molecular formula is C30H27N3O3. The van der Waals surface area contributed by atoms with Gasteiger partial charge in [-0.3, -0.25) is 14.7 Å². The van der Waals surface area contributed by atoms with Gasteiger partial charge in [-0.05, 0) is 66.4 Å². The van der Waals surface area contributed by atoms with Gasteiger partial charge in [0.15, 0.2) is 0 Å². The maximum Gasteiger partial charge on any atom is 0.330 e. The van der Waals surface area contributed by atoms with Gasteiger partial charge < -0.3 is 10.4 Å². The molecule has 4 rings (SSSR count). The van der Waals surface area contributed by atoms with Gasteiger partial charge in [0.05, 0.1) is 11.4 Å². The number of pyridine rings is 1. The zero-order valence-corrected chi connectivity index (χ0v) is 19.7. The summed E-state index contributed by atoms with van der Waals surface area (Å²) in [4.78, 5) is 30.1. The molecule has 2 amide bonds. The molecule has 0 aliphatic heterocycles. The second kappa shape index (κ2) is 12.1. The van der Waals surface area contributed by atoms with Crippen molar-refractivity contribution in [2.75, 3.05) is 10.2 Å². The molecule has 0 saturated heterocycles. The second-order valence-electron chi connectivity index (χ2n) is 8.16. The molecule has 180 valence electrons. The number of carbonyl (C=O) groups is 2. The molecule has 2 N–H and O–H groups in total. The van der Waals surface area contributed by atoms with Gasteiger partial charge in [0.2, 0.25) is 0 Å². The number of para-hydroxylation sites is 2. The lowest BCUT2D eigenvalue weighted by molar-refractivity contribution is -0.137. The highest BCUT2D eigenvalue weighted by Gasteiger charge is 2.18. The highest BCUT2D eigenvalue weighted by Crippen LogP contribution is 2.28. The number of carboxylic acid groups (broad SMARTS) is 1. The summed E-state index contributed by atoms with van der Waals surface area (Å²) >= 11 is 0. The van der Waals surface area contributed by atoms with E-state index in [-0.39, 0.29) is 12.5 Å². The summed E-state index contributed by atoms with van der Waals surface area (Å²) in [5, 5.41) is 11.9. The molecule has 1 aromatic heterocycles. The van der Waals surface area contributed by atoms with Crippen LogP contribution in [0, 0.1) is 0 Å². The quantitative estimate of drug-likeness (QED) is 0.251. The molecule has 0 aliphatic carbocycles. The van der Waals surface area contributed by atoms with Crippen LogP contribution in [0.1, 0.15) is 30.4 Å². The SMILES string of the molecule is O=C(O)CCC/C=C(/c1ccc(NC(=O)N(c2ccccc2)c2ccccc2)cc1)c1cccnc1. The molecule has 0 radical (unpaired) electrons. The Labute approximate surface area is 210 Å². The summed E-state index contributed by atoms with van der Waals surface area (Å²) in [6.07, 6.45) is 6.87. The van der Waals surface area contributed by atoms with Crippen LogP contribution in [-0.4, -0.2) is 22.1 Å². The molecule has 36 heavy (non-hydrogen) atoms. The van der Waals surface area contributed by atoms with Gasteiger partial charge in [-0.25, -0.2) is 4.79 Å². The third-order valence-corrected chi connectivity index (χ3v) is 5.59. The van der Waals surface area contributed by atoms with E-state index in [2.05, 4.69) is 10.3 Å². The van der Waals surface area contributed by atoms with Crippen molar-refractivity contribution in [3.05, 3.63) is 127 Å². The van der Waals surface area contributed by atoms with Crippen LogP contribution in [0.5, 0.6) is 0 Å². The molecule has 0 spiro atoms. The predicted molar refractivity (Wildman–Crippen MR) is 143 cm³/mol. The number of hydrogen-bond acceptors (Lipinski definition) is 3. The van der Waals surface area contributed by atoms with E-state index in [1.54, 1.807) is 17.3 Å². The molecule has 0 fully saturated rings. The molecule has 4 aromatic rings. The number of carboxylic acids is 1. The molecule has 0 saturated carbocycles. The summed E-state index contributed by atoms with van der Waals surface area (Å²) in [5.41, 5.74) is 5.07. The van der Waals surface area contributed by atoms with E-state index < -0.39 is 5.97 Å². The van der Waals surface area contributed by atoms with E-state index in [4.69, 9.17) is 5.11 Å². The van der Waals surface area contributed by atoms with Crippen molar-refractivity contribution in [3.63, 3.8) is 0 Å². The van der Waals surface area contributed by atoms with Crippen LogP contribution in [0.25, 0.3) is 5.57 Å². The smallest absolute Gasteiger partial charge is 0.330 e. The first-order chi connectivity index (χ1) is 17.6. The van der Waals surface area contributed by atoms with Crippen LogP contribution in [0.15, 0.2) is 116 Å². The number of anilines is 3. The fourth-order valence-electron chi connectivity index (χ4n) is 3.87. The molecule has 6 nitrogen and oxygen atoms in total. The largest absolute Gasteiger partial charge is 0.481 e. The molecule has 0 aliphatic rings. The number of allylic oxidation sites excluding steroid dienone is 1. The third kappa shape index (κ3) is 6.45. The van der Waals surface area contributed by atoms with Gasteiger partial charge in [0.25, 0.3) is 0 Å². The zero-order valence-electron chi connectivity index (χ0n) is 19.7. The number of urea groups is 1. The van der Waals surface area contributed by atoms with Crippen molar-refractivity contribution in [3.8, 4) is 0 Å². The number of rotatable bonds is 9. The van der Waals surface area contributed by atoms with E-state index in [0.29, 0.717) is 18.5 Å². The standard InChI is InChI=1S/C30H27N3O3/c34-29(35)16-8-7-15-28(24-10-9-21-31-22-24)23-17-19-25(20-18-23)32-30(36)33(26-11-3-1-4-12-26)27-13-5-2-6-14-27/h1-6,9-15,17-22H,7-8,16H2,(H,32,36)(H,34,35)/b28-15-. The molecule has 3 aromatic carbocycles. The van der Waals surface area contributed by atoms with Gasteiger partial charge in [-0.2, -0.15) is 0 Å². The average Bonchev–Trinajstić information content (AvgIpc) is 2.91. The van der Waals surface area contributed by atoms with Gasteiger partial charge in [-0.15, -0.1) is 0 Å². The number of amides is 2. The first-order valence-corrected chi connectivity index (χ1v) is 11.8. The minimum atomic E-state index is -0.800. The lowest BCUT2D eigenvalue weighted by Gasteiger charge is -2.23. The lowest BCUT2D eigenvalue weighted by atomic mass is 9.97. The number of nitrogens with zero attached hydrogens (tertiary/aromatic N) is 2. The summed E-state index contributed by atoms with van der Waals surface area (Å²) in [7, 11) is 0. The minimum absolute atomic E-state index is 0.126. The Morgan fingerprint density at radius 1 is 0.806 bits per heavy atom. The second-order valence-corrected chi connectivity index (χ2v) is 8.16. The van der Waals surface area contributed by atoms with Crippen LogP contribution < -0.4 is 10.2 Å². The van der Waals surface area contributed by atoms with E-state index in [1.165, 1.54) is 0 Å². The first kappa shape index (κ1) is 24.4. The van der Waals surface area contributed by atoms with Crippen LogP contribution in [-0.2, 0) is 4.79 Å². The number of hydrogen-bond donors (Lipinski definition) is 2. The highest BCUT2D eigenvalue weighted by atomic mass is 16.4. The number of carbonyl (C=O) groups excluding carboxylic acids is 1. The fraction of sp³-hybridized carbons (Fsp3) is 0.100. The summed E-state index contributed by atoms with van der Waals surface area (Å²) < 4.78 is 0.